The molecule has 1 aromatic heterocycles. The fourth-order valence-corrected chi connectivity index (χ4v) is 2.43. The van der Waals surface area contributed by atoms with Gasteiger partial charge >= 0.3 is 0 Å². The lowest BCUT2D eigenvalue weighted by molar-refractivity contribution is 0.891. The molecular weight excluding hydrogens is 150 g/mol. The molecular formula is C6H9NS2. The van der Waals surface area contributed by atoms with Crippen LogP contribution >= 0.6 is 22.7 Å². The van der Waals surface area contributed by atoms with Crippen LogP contribution in [0.25, 0.3) is 0 Å². The van der Waals surface area contributed by atoms with Crippen LogP contribution < -0.4 is 3.98 Å². The summed E-state index contributed by atoms with van der Waals surface area (Å²) in [7, 11) is 0. The fraction of sp³-hybridized carbons (Fsp3) is 0.500. The Hall–Kier alpha value is -0.150. The van der Waals surface area contributed by atoms with Gasteiger partial charge in [-0.1, -0.05) is 13.8 Å². The summed E-state index contributed by atoms with van der Waals surface area (Å²) in [4.78, 5) is 1.32. The molecule has 1 rings (SSSR count). The van der Waals surface area contributed by atoms with E-state index >= 15 is 0 Å². The highest BCUT2D eigenvalue weighted by atomic mass is 32.2. The molecule has 1 heterocycles. The van der Waals surface area contributed by atoms with Gasteiger partial charge in [-0.2, -0.15) is 0 Å². The molecule has 0 saturated carbocycles. The Morgan fingerprint density at radius 2 is 2.22 bits per heavy atom. The Kier molecular flexibility index (Phi) is 2.03. The smallest absolute Gasteiger partial charge is 0.163 e. The van der Waals surface area contributed by atoms with E-state index in [2.05, 4.69) is 19.2 Å². The monoisotopic (exact) mass is 159 g/mol. The molecule has 0 amide bonds. The van der Waals surface area contributed by atoms with E-state index in [0.717, 1.165) is 0 Å². The third-order valence-corrected chi connectivity index (χ3v) is 3.35. The van der Waals surface area contributed by atoms with Crippen LogP contribution in [-0.2, 0) is 0 Å². The molecule has 0 spiro atoms. The molecule has 0 aliphatic rings. The van der Waals surface area contributed by atoms with Gasteiger partial charge in [-0.3, -0.25) is 5.41 Å². The average Bonchev–Trinajstić information content (AvgIpc) is 2.14. The second-order valence-corrected chi connectivity index (χ2v) is 4.40. The molecule has 0 aromatic carbocycles. The summed E-state index contributed by atoms with van der Waals surface area (Å²) >= 11 is 3.10. The fourth-order valence-electron chi connectivity index (χ4n) is 0.521. The van der Waals surface area contributed by atoms with Crippen molar-refractivity contribution < 1.29 is 0 Å². The largest absolute Gasteiger partial charge is 0.281 e. The van der Waals surface area contributed by atoms with E-state index in [1.807, 2.05) is 0 Å². The summed E-state index contributed by atoms with van der Waals surface area (Å²) < 4.78 is 0.707. The molecule has 9 heavy (non-hydrogen) atoms. The van der Waals surface area contributed by atoms with E-state index in [4.69, 9.17) is 5.41 Å². The van der Waals surface area contributed by atoms with Gasteiger partial charge in [0.1, 0.15) is 0 Å². The third kappa shape index (κ3) is 1.63. The summed E-state index contributed by atoms with van der Waals surface area (Å²) in [5, 5.41) is 9.31. The number of rotatable bonds is 1. The van der Waals surface area contributed by atoms with Gasteiger partial charge in [-0.15, -0.1) is 22.7 Å². The van der Waals surface area contributed by atoms with Crippen molar-refractivity contribution >= 4 is 22.7 Å². The Morgan fingerprint density at radius 1 is 1.56 bits per heavy atom. The van der Waals surface area contributed by atoms with Crippen molar-refractivity contribution in [1.82, 2.24) is 0 Å². The minimum absolute atomic E-state index is 0.588. The lowest BCUT2D eigenvalue weighted by Crippen LogP contribution is -1.80. The van der Waals surface area contributed by atoms with Crippen molar-refractivity contribution in [2.75, 3.05) is 0 Å². The first kappa shape index (κ1) is 6.96. The first-order valence-electron chi connectivity index (χ1n) is 2.83. The zero-order valence-electron chi connectivity index (χ0n) is 5.47. The van der Waals surface area contributed by atoms with Crippen molar-refractivity contribution in [2.45, 2.75) is 19.8 Å². The predicted octanol–water partition coefficient (Wildman–Crippen LogP) is 2.41. The number of nitrogens with one attached hydrogen (secondary N) is 1. The first-order valence-corrected chi connectivity index (χ1v) is 4.53. The molecule has 1 nitrogen and oxygen atoms in total. The van der Waals surface area contributed by atoms with Gasteiger partial charge in [0.15, 0.2) is 3.98 Å². The molecule has 0 radical (unpaired) electrons. The van der Waals surface area contributed by atoms with Crippen molar-refractivity contribution in [1.29, 1.82) is 5.41 Å². The van der Waals surface area contributed by atoms with Crippen molar-refractivity contribution in [2.24, 2.45) is 0 Å². The highest BCUT2D eigenvalue weighted by Gasteiger charge is 1.99. The van der Waals surface area contributed by atoms with E-state index in [-0.39, 0.29) is 0 Å². The standard InChI is InChI=1S/C6H9NS2/c1-4(2)5-3-8-6(7)9-5/h3-4,7H,1-2H3. The van der Waals surface area contributed by atoms with Crippen molar-refractivity contribution in [3.63, 3.8) is 0 Å². The SMILES string of the molecule is CC(C)c1csc(=N)s1. The molecule has 50 valence electrons. The van der Waals surface area contributed by atoms with Crippen LogP contribution in [0.5, 0.6) is 0 Å². The van der Waals surface area contributed by atoms with Gasteiger partial charge in [0, 0.05) is 10.3 Å². The Bertz CT molecular complexity index is 233. The van der Waals surface area contributed by atoms with Gasteiger partial charge < -0.3 is 0 Å². The molecule has 1 N–H and O–H groups in total. The molecule has 0 fully saturated rings. The van der Waals surface area contributed by atoms with Gasteiger partial charge in [-0.05, 0) is 5.92 Å². The van der Waals surface area contributed by atoms with Crippen LogP contribution in [0.1, 0.15) is 24.6 Å². The van der Waals surface area contributed by atoms with Crippen molar-refractivity contribution in [3.05, 3.63) is 14.2 Å². The quantitative estimate of drug-likeness (QED) is 0.650. The highest BCUT2D eigenvalue weighted by molar-refractivity contribution is 7.26. The number of hydrogen-bond donors (Lipinski definition) is 1. The summed E-state index contributed by atoms with van der Waals surface area (Å²) in [6, 6.07) is 0. The van der Waals surface area contributed by atoms with Crippen molar-refractivity contribution in [3.8, 4) is 0 Å². The summed E-state index contributed by atoms with van der Waals surface area (Å²) in [5.74, 6) is 0.588. The molecule has 0 atom stereocenters. The zero-order valence-corrected chi connectivity index (χ0v) is 7.10. The summed E-state index contributed by atoms with van der Waals surface area (Å²) in [6.07, 6.45) is 0. The van der Waals surface area contributed by atoms with Crippen LogP contribution in [-0.4, -0.2) is 0 Å². The van der Waals surface area contributed by atoms with Crippen LogP contribution in [0.2, 0.25) is 0 Å². The van der Waals surface area contributed by atoms with Gasteiger partial charge in [0.2, 0.25) is 0 Å². The molecule has 0 unspecified atom stereocenters. The maximum atomic E-state index is 7.25. The van der Waals surface area contributed by atoms with Crippen LogP contribution in [0.4, 0.5) is 0 Å². The Balaban J connectivity index is 2.98. The normalized spacial score (nSPS) is 10.6. The highest BCUT2D eigenvalue weighted by Crippen LogP contribution is 2.17. The first-order chi connectivity index (χ1) is 4.20. The van der Waals surface area contributed by atoms with Gasteiger partial charge in [-0.25, -0.2) is 0 Å². The average molecular weight is 159 g/mol. The zero-order chi connectivity index (χ0) is 6.85. The minimum Gasteiger partial charge on any atom is -0.281 e. The number of hydrogen-bond acceptors (Lipinski definition) is 3. The molecule has 0 aliphatic carbocycles. The molecule has 3 heteroatoms. The van der Waals surface area contributed by atoms with E-state index in [0.29, 0.717) is 9.90 Å². The summed E-state index contributed by atoms with van der Waals surface area (Å²) in [5.41, 5.74) is 0. The topological polar surface area (TPSA) is 23.9 Å². The second kappa shape index (κ2) is 2.62. The maximum absolute atomic E-state index is 7.25. The van der Waals surface area contributed by atoms with E-state index < -0.39 is 0 Å². The van der Waals surface area contributed by atoms with Crippen LogP contribution in [0.3, 0.4) is 0 Å². The second-order valence-electron chi connectivity index (χ2n) is 2.18. The molecule has 0 saturated heterocycles. The lowest BCUT2D eigenvalue weighted by Gasteiger charge is -1.94. The van der Waals surface area contributed by atoms with E-state index in [1.165, 1.54) is 16.2 Å². The van der Waals surface area contributed by atoms with Crippen LogP contribution in [0, 0.1) is 5.41 Å². The Labute approximate surface area is 62.5 Å². The predicted molar refractivity (Wildman–Crippen MR) is 42.1 cm³/mol. The van der Waals surface area contributed by atoms with Crippen LogP contribution in [0.15, 0.2) is 5.38 Å². The Morgan fingerprint density at radius 3 is 2.44 bits per heavy atom. The van der Waals surface area contributed by atoms with Gasteiger partial charge in [0.25, 0.3) is 0 Å². The third-order valence-electron chi connectivity index (χ3n) is 1.06. The minimum atomic E-state index is 0.588. The lowest BCUT2D eigenvalue weighted by atomic mass is 10.2. The molecule has 0 aliphatic heterocycles. The van der Waals surface area contributed by atoms with Gasteiger partial charge in [0.05, 0.1) is 0 Å². The van der Waals surface area contributed by atoms with E-state index in [1.54, 1.807) is 11.3 Å². The van der Waals surface area contributed by atoms with E-state index in [9.17, 15) is 0 Å². The molecule has 1 aromatic rings. The molecule has 0 bridgehead atoms. The summed E-state index contributed by atoms with van der Waals surface area (Å²) in [6.45, 7) is 4.30. The maximum Gasteiger partial charge on any atom is 0.163 e.